The van der Waals surface area contributed by atoms with Gasteiger partial charge in [-0.2, -0.15) is 0 Å². The molecule has 0 radical (unpaired) electrons. The Morgan fingerprint density at radius 2 is 2.00 bits per heavy atom. The normalized spacial score (nSPS) is 11.4. The summed E-state index contributed by atoms with van der Waals surface area (Å²) in [7, 11) is -1.54. The Balaban J connectivity index is 3.28. The van der Waals surface area contributed by atoms with Gasteiger partial charge in [-0.05, 0) is 30.2 Å². The fraction of sp³-hybridized carbons (Fsp3) is 0.400. The molecule has 0 fully saturated rings. The quantitative estimate of drug-likeness (QED) is 0.768. The maximum absolute atomic E-state index is 11.3. The van der Waals surface area contributed by atoms with Gasteiger partial charge in [-0.1, -0.05) is 6.92 Å². The molecule has 1 rings (SSSR count). The van der Waals surface area contributed by atoms with Gasteiger partial charge in [0, 0.05) is 6.26 Å². The zero-order valence-electron chi connectivity index (χ0n) is 8.57. The van der Waals surface area contributed by atoms with Gasteiger partial charge in [-0.15, -0.1) is 0 Å². The minimum Gasteiger partial charge on any atom is -0.496 e. The molecule has 0 spiro atoms. The highest BCUT2D eigenvalue weighted by Gasteiger charge is 2.09. The minimum absolute atomic E-state index is 0.343. The first kappa shape index (κ1) is 11.0. The van der Waals surface area contributed by atoms with Gasteiger partial charge in [0.1, 0.15) is 5.75 Å². The first-order valence-electron chi connectivity index (χ1n) is 4.36. The highest BCUT2D eigenvalue weighted by Crippen LogP contribution is 2.22. The predicted molar refractivity (Wildman–Crippen MR) is 55.5 cm³/mol. The van der Waals surface area contributed by atoms with Crippen LogP contribution in [0.25, 0.3) is 0 Å². The molecule has 0 heterocycles. The van der Waals surface area contributed by atoms with Gasteiger partial charge in [0.05, 0.1) is 12.0 Å². The van der Waals surface area contributed by atoms with Crippen molar-refractivity contribution in [1.82, 2.24) is 0 Å². The lowest BCUT2D eigenvalue weighted by Crippen LogP contribution is -1.99. The Bertz CT molecular complexity index is 421. The zero-order chi connectivity index (χ0) is 10.8. The van der Waals surface area contributed by atoms with Gasteiger partial charge >= 0.3 is 0 Å². The van der Waals surface area contributed by atoms with Crippen LogP contribution in [0.15, 0.2) is 23.1 Å². The molecule has 0 aliphatic carbocycles. The molecule has 0 saturated carbocycles. The highest BCUT2D eigenvalue weighted by atomic mass is 32.2. The average Bonchev–Trinajstić information content (AvgIpc) is 2.15. The van der Waals surface area contributed by atoms with Crippen LogP contribution in [0.3, 0.4) is 0 Å². The van der Waals surface area contributed by atoms with Gasteiger partial charge in [0.25, 0.3) is 0 Å². The maximum Gasteiger partial charge on any atom is 0.175 e. The SMILES string of the molecule is CCc1cc(S(C)(=O)=O)ccc1OC. The topological polar surface area (TPSA) is 43.4 Å². The lowest BCUT2D eigenvalue weighted by molar-refractivity contribution is 0.409. The third-order valence-electron chi connectivity index (χ3n) is 2.06. The van der Waals surface area contributed by atoms with E-state index >= 15 is 0 Å². The fourth-order valence-electron chi connectivity index (χ4n) is 1.26. The molecule has 0 bridgehead atoms. The van der Waals surface area contributed by atoms with Crippen molar-refractivity contribution in [3.05, 3.63) is 23.8 Å². The Morgan fingerprint density at radius 1 is 1.36 bits per heavy atom. The molecule has 1 aromatic carbocycles. The smallest absolute Gasteiger partial charge is 0.175 e. The van der Waals surface area contributed by atoms with Gasteiger partial charge < -0.3 is 4.74 Å². The lowest BCUT2D eigenvalue weighted by atomic mass is 10.1. The third-order valence-corrected chi connectivity index (χ3v) is 3.17. The molecule has 4 heteroatoms. The molecule has 0 unspecified atom stereocenters. The Hall–Kier alpha value is -1.03. The van der Waals surface area contributed by atoms with E-state index in [1.165, 1.54) is 6.26 Å². The number of aryl methyl sites for hydroxylation is 1. The van der Waals surface area contributed by atoms with Crippen molar-refractivity contribution in [3.8, 4) is 5.75 Å². The van der Waals surface area contributed by atoms with Crippen molar-refractivity contribution in [2.45, 2.75) is 18.2 Å². The molecule has 0 aliphatic rings. The van der Waals surface area contributed by atoms with Gasteiger partial charge in [0.15, 0.2) is 9.84 Å². The second-order valence-corrected chi connectivity index (χ2v) is 5.12. The Morgan fingerprint density at radius 3 is 2.43 bits per heavy atom. The molecule has 0 amide bonds. The second-order valence-electron chi connectivity index (χ2n) is 3.10. The van der Waals surface area contributed by atoms with Crippen LogP contribution in [0.2, 0.25) is 0 Å². The van der Waals surface area contributed by atoms with Crippen LogP contribution in [0.1, 0.15) is 12.5 Å². The summed E-state index contributed by atoms with van der Waals surface area (Å²) in [4.78, 5) is 0.343. The van der Waals surface area contributed by atoms with E-state index in [0.29, 0.717) is 4.90 Å². The summed E-state index contributed by atoms with van der Waals surface area (Å²) < 4.78 is 27.6. The standard InChI is InChI=1S/C10H14O3S/c1-4-8-7-9(14(3,11)12)5-6-10(8)13-2/h5-7H,4H2,1-3H3. The minimum atomic E-state index is -3.12. The van der Waals surface area contributed by atoms with Gasteiger partial charge in [-0.25, -0.2) is 8.42 Å². The summed E-state index contributed by atoms with van der Waals surface area (Å²) in [6, 6.07) is 4.91. The molecule has 3 nitrogen and oxygen atoms in total. The molecule has 78 valence electrons. The van der Waals surface area contributed by atoms with Crippen LogP contribution in [-0.4, -0.2) is 21.8 Å². The van der Waals surface area contributed by atoms with Crippen molar-refractivity contribution in [1.29, 1.82) is 0 Å². The van der Waals surface area contributed by atoms with E-state index in [2.05, 4.69) is 0 Å². The number of hydrogen-bond donors (Lipinski definition) is 0. The van der Waals surface area contributed by atoms with E-state index in [0.717, 1.165) is 17.7 Å². The number of rotatable bonds is 3. The Labute approximate surface area is 84.6 Å². The lowest BCUT2D eigenvalue weighted by Gasteiger charge is -2.07. The van der Waals surface area contributed by atoms with E-state index in [4.69, 9.17) is 4.74 Å². The van der Waals surface area contributed by atoms with E-state index in [-0.39, 0.29) is 0 Å². The van der Waals surface area contributed by atoms with Crippen molar-refractivity contribution in [2.75, 3.05) is 13.4 Å². The largest absolute Gasteiger partial charge is 0.496 e. The molecule has 0 aliphatic heterocycles. The summed E-state index contributed by atoms with van der Waals surface area (Å²) in [5.74, 6) is 0.736. The summed E-state index contributed by atoms with van der Waals surface area (Å²) in [6.07, 6.45) is 1.96. The highest BCUT2D eigenvalue weighted by molar-refractivity contribution is 7.90. The number of benzene rings is 1. The molecule has 0 saturated heterocycles. The molecule has 0 N–H and O–H groups in total. The molecule has 1 aromatic rings. The molecule has 14 heavy (non-hydrogen) atoms. The van der Waals surface area contributed by atoms with Crippen molar-refractivity contribution in [3.63, 3.8) is 0 Å². The maximum atomic E-state index is 11.3. The summed E-state index contributed by atoms with van der Waals surface area (Å²) in [6.45, 7) is 1.96. The summed E-state index contributed by atoms with van der Waals surface area (Å²) >= 11 is 0. The van der Waals surface area contributed by atoms with Crippen molar-refractivity contribution < 1.29 is 13.2 Å². The molecule has 0 aromatic heterocycles. The van der Waals surface area contributed by atoms with Gasteiger partial charge in [-0.3, -0.25) is 0 Å². The monoisotopic (exact) mass is 214 g/mol. The summed E-state index contributed by atoms with van der Waals surface area (Å²) in [5, 5.41) is 0. The summed E-state index contributed by atoms with van der Waals surface area (Å²) in [5.41, 5.74) is 0.912. The van der Waals surface area contributed by atoms with Crippen molar-refractivity contribution >= 4 is 9.84 Å². The average molecular weight is 214 g/mol. The second kappa shape index (κ2) is 4.00. The van der Waals surface area contributed by atoms with Crippen LogP contribution in [0.5, 0.6) is 5.75 Å². The van der Waals surface area contributed by atoms with E-state index in [1.807, 2.05) is 6.92 Å². The van der Waals surface area contributed by atoms with Crippen molar-refractivity contribution in [2.24, 2.45) is 0 Å². The number of methoxy groups -OCH3 is 1. The van der Waals surface area contributed by atoms with Crippen LogP contribution in [0.4, 0.5) is 0 Å². The molecular formula is C10H14O3S. The van der Waals surface area contributed by atoms with Gasteiger partial charge in [0.2, 0.25) is 0 Å². The number of hydrogen-bond acceptors (Lipinski definition) is 3. The van der Waals surface area contributed by atoms with E-state index in [9.17, 15) is 8.42 Å². The first-order valence-corrected chi connectivity index (χ1v) is 6.25. The molecule has 0 atom stereocenters. The fourth-order valence-corrected chi connectivity index (χ4v) is 1.93. The van der Waals surface area contributed by atoms with Crippen LogP contribution < -0.4 is 4.74 Å². The number of ether oxygens (including phenoxy) is 1. The number of sulfone groups is 1. The van der Waals surface area contributed by atoms with Crippen LogP contribution >= 0.6 is 0 Å². The van der Waals surface area contributed by atoms with E-state index in [1.54, 1.807) is 25.3 Å². The Kier molecular flexibility index (Phi) is 3.16. The van der Waals surface area contributed by atoms with E-state index < -0.39 is 9.84 Å². The zero-order valence-corrected chi connectivity index (χ0v) is 9.39. The van der Waals surface area contributed by atoms with Crippen LogP contribution in [0, 0.1) is 0 Å². The molecular weight excluding hydrogens is 200 g/mol. The third kappa shape index (κ3) is 2.26. The van der Waals surface area contributed by atoms with Crippen LogP contribution in [-0.2, 0) is 16.3 Å². The predicted octanol–water partition coefficient (Wildman–Crippen LogP) is 1.66. The first-order chi connectivity index (χ1) is 6.49.